The van der Waals surface area contributed by atoms with Crippen LogP contribution in [0.3, 0.4) is 0 Å². The number of aliphatic hydroxyl groups excluding tert-OH is 2. The van der Waals surface area contributed by atoms with Crippen LogP contribution >= 0.6 is 0 Å². The summed E-state index contributed by atoms with van der Waals surface area (Å²) in [6.45, 7) is 38.5. The van der Waals surface area contributed by atoms with Gasteiger partial charge in [-0.3, -0.25) is 4.79 Å². The SMILES string of the molecule is CC[C@H]1OC(C)C(=O)[C@H]1C.CC[C@H]1OC(C)C(C)(F)[C@H]1C.CC[C@H]1OC(C)C(C)(F)[C@H]1C.CC[C@H]1OC(C)C(C)(O)[C@H]1C.CC[C@H]1O[C@@H](C)C(C)(F)[C@H]1C.C[C@@H]1O[C@H](CO)[C@H](O)C1(C)F. The Morgan fingerprint density at radius 1 is 0.446 bits per heavy atom. The number of hydrogen-bond acceptors (Lipinski definition) is 10. The van der Waals surface area contributed by atoms with Crippen molar-refractivity contribution in [3.63, 3.8) is 0 Å². The first kappa shape index (κ1) is 62.0. The van der Waals surface area contributed by atoms with Gasteiger partial charge in [0, 0.05) is 29.6 Å². The fraction of sp³-hybridized carbons (Fsp3) is 0.980. The van der Waals surface area contributed by atoms with E-state index in [9.17, 15) is 32.6 Å². The minimum absolute atomic E-state index is 0.0255. The second-order valence-corrected chi connectivity index (χ2v) is 20.7. The highest BCUT2D eigenvalue weighted by Gasteiger charge is 2.53. The van der Waals surface area contributed by atoms with Crippen LogP contribution in [0.25, 0.3) is 0 Å². The molecule has 14 heteroatoms. The zero-order valence-electron chi connectivity index (χ0n) is 44.3. The van der Waals surface area contributed by atoms with Gasteiger partial charge in [0.05, 0.1) is 73.2 Å². The zero-order valence-corrected chi connectivity index (χ0v) is 44.3. The smallest absolute Gasteiger partial charge is 0.166 e. The summed E-state index contributed by atoms with van der Waals surface area (Å²) in [5, 5.41) is 27.8. The lowest BCUT2D eigenvalue weighted by Gasteiger charge is -2.25. The van der Waals surface area contributed by atoms with Gasteiger partial charge in [0.25, 0.3) is 0 Å². The molecule has 0 spiro atoms. The van der Waals surface area contributed by atoms with Gasteiger partial charge in [0.15, 0.2) is 11.5 Å². The van der Waals surface area contributed by atoms with Crippen LogP contribution in [-0.4, -0.2) is 135 Å². The van der Waals surface area contributed by atoms with Crippen LogP contribution in [0.1, 0.15) is 178 Å². The molecule has 0 aromatic carbocycles. The van der Waals surface area contributed by atoms with Gasteiger partial charge in [-0.05, 0) is 108 Å². The molecule has 0 aromatic heterocycles. The summed E-state index contributed by atoms with van der Waals surface area (Å²) in [5.41, 5.74) is -5.80. The third kappa shape index (κ3) is 14.5. The Morgan fingerprint density at radius 2 is 0.723 bits per heavy atom. The number of halogens is 4. The highest BCUT2D eigenvalue weighted by molar-refractivity contribution is 5.87. The van der Waals surface area contributed by atoms with Crippen molar-refractivity contribution in [1.82, 2.24) is 0 Å². The normalized spacial score (nSPS) is 49.9. The van der Waals surface area contributed by atoms with Crippen LogP contribution in [-0.2, 0) is 33.2 Å². The first-order chi connectivity index (χ1) is 29.7. The molecule has 6 heterocycles. The molecule has 0 saturated carbocycles. The molecule has 10 nitrogen and oxygen atoms in total. The number of carbonyl (C=O) groups excluding carboxylic acids is 1. The van der Waals surface area contributed by atoms with Gasteiger partial charge in [-0.15, -0.1) is 0 Å². The van der Waals surface area contributed by atoms with E-state index in [1.807, 2.05) is 96.9 Å². The summed E-state index contributed by atoms with van der Waals surface area (Å²) in [5.74, 6) is 0.710. The fourth-order valence-electron chi connectivity index (χ4n) is 9.47. The molecule has 3 N–H and O–H groups in total. The molecule has 6 saturated heterocycles. The van der Waals surface area contributed by atoms with Crippen LogP contribution in [0.15, 0.2) is 0 Å². The molecule has 0 radical (unpaired) electrons. The standard InChI is InChI=1S/3C9H17FO.C9H18O2.C8H14O2.C7H13FO3/c4*1-5-8-6(2)9(4,10)7(3)11-8;1-4-7-5(2)8(9)6(3)10-7;1-4-7(2,8)6(10)5(3-9)11-4/h3*6-8H,5H2,1-4H3;6-8,10H,5H2,1-4H3;5-7H,4H2,1-3H3;4-6,9-10H,3H2,1-2H3/t2*6-,7?,8+,9?;6-,7-,8+,9?;6-,7?,8+,9?;5-,6?,7+;4-,5+,6-,7?/m000000/s1. The Morgan fingerprint density at radius 3 is 0.846 bits per heavy atom. The van der Waals surface area contributed by atoms with E-state index in [-0.39, 0.29) is 103 Å². The van der Waals surface area contributed by atoms with Gasteiger partial charge in [0.1, 0.15) is 35.3 Å². The van der Waals surface area contributed by atoms with Crippen molar-refractivity contribution >= 4 is 5.78 Å². The molecule has 0 aliphatic carbocycles. The number of Topliss-reactive ketones (excluding diaryl/α,β-unsaturated/α-hetero) is 1. The molecule has 9 unspecified atom stereocenters. The fourth-order valence-corrected chi connectivity index (χ4v) is 9.47. The minimum Gasteiger partial charge on any atom is -0.394 e. The maximum Gasteiger partial charge on any atom is 0.166 e. The molecule has 388 valence electrons. The lowest BCUT2D eigenvalue weighted by Crippen LogP contribution is -2.40. The number of ether oxygens (including phenoxy) is 6. The van der Waals surface area contributed by atoms with Crippen LogP contribution in [0.5, 0.6) is 0 Å². The van der Waals surface area contributed by atoms with Gasteiger partial charge in [-0.25, -0.2) is 17.6 Å². The molecule has 6 aliphatic heterocycles. The van der Waals surface area contributed by atoms with Crippen molar-refractivity contribution in [2.45, 2.75) is 285 Å². The molecule has 6 rings (SSSR count). The summed E-state index contributed by atoms with van der Waals surface area (Å²) in [7, 11) is 0. The van der Waals surface area contributed by atoms with E-state index in [1.165, 1.54) is 6.92 Å². The molecule has 6 aliphatic rings. The van der Waals surface area contributed by atoms with Crippen molar-refractivity contribution in [1.29, 1.82) is 0 Å². The first-order valence-electron chi connectivity index (χ1n) is 24.9. The number of rotatable bonds is 6. The highest BCUT2D eigenvalue weighted by atomic mass is 19.2. The van der Waals surface area contributed by atoms with Crippen molar-refractivity contribution in [3.05, 3.63) is 0 Å². The van der Waals surface area contributed by atoms with Crippen molar-refractivity contribution in [3.8, 4) is 0 Å². The van der Waals surface area contributed by atoms with Crippen molar-refractivity contribution in [2.24, 2.45) is 29.6 Å². The van der Waals surface area contributed by atoms with Gasteiger partial charge < -0.3 is 43.7 Å². The number of hydrogen-bond donors (Lipinski definition) is 3. The summed E-state index contributed by atoms with van der Waals surface area (Å²) >= 11 is 0. The van der Waals surface area contributed by atoms with Gasteiger partial charge in [-0.2, -0.15) is 0 Å². The number of alkyl halides is 4. The van der Waals surface area contributed by atoms with E-state index in [0.29, 0.717) is 0 Å². The number of aliphatic hydroxyl groups is 3. The average Bonchev–Trinajstić information content (AvgIpc) is 3.91. The monoisotopic (exact) mass is 945 g/mol. The molecular formula is C51H96F4O10. The minimum atomic E-state index is -1.74. The quantitative estimate of drug-likeness (QED) is 0.221. The van der Waals surface area contributed by atoms with E-state index in [4.69, 9.17) is 33.5 Å². The Hall–Kier alpha value is -0.970. The maximum atomic E-state index is 13.7. The summed E-state index contributed by atoms with van der Waals surface area (Å²) in [6, 6.07) is 0. The van der Waals surface area contributed by atoms with E-state index in [1.54, 1.807) is 27.7 Å². The third-order valence-corrected chi connectivity index (χ3v) is 16.6. The number of ketones is 1. The van der Waals surface area contributed by atoms with E-state index in [2.05, 4.69) is 13.8 Å². The summed E-state index contributed by atoms with van der Waals surface area (Å²) < 4.78 is 86.8. The molecule has 6 fully saturated rings. The van der Waals surface area contributed by atoms with Crippen LogP contribution in [0, 0.1) is 29.6 Å². The van der Waals surface area contributed by atoms with Gasteiger partial charge >= 0.3 is 0 Å². The predicted molar refractivity (Wildman–Crippen MR) is 250 cm³/mol. The van der Waals surface area contributed by atoms with E-state index < -0.39 is 46.6 Å². The second kappa shape index (κ2) is 25.2. The molecule has 0 amide bonds. The Bertz CT molecular complexity index is 1200. The average molecular weight is 945 g/mol. The Balaban J connectivity index is 0.000000390. The molecule has 0 bridgehead atoms. The summed E-state index contributed by atoms with van der Waals surface area (Å²) in [4.78, 5) is 11.1. The van der Waals surface area contributed by atoms with Crippen LogP contribution < -0.4 is 0 Å². The van der Waals surface area contributed by atoms with Crippen molar-refractivity contribution < 1.29 is 66.1 Å². The topological polar surface area (TPSA) is 133 Å². The van der Waals surface area contributed by atoms with Gasteiger partial charge in [0.2, 0.25) is 0 Å². The molecule has 65 heavy (non-hydrogen) atoms. The van der Waals surface area contributed by atoms with Crippen molar-refractivity contribution in [2.75, 3.05) is 6.61 Å². The largest absolute Gasteiger partial charge is 0.394 e. The van der Waals surface area contributed by atoms with Crippen LogP contribution in [0.2, 0.25) is 0 Å². The highest BCUT2D eigenvalue weighted by Crippen LogP contribution is 2.42. The second-order valence-electron chi connectivity index (χ2n) is 20.7. The Kier molecular flexibility index (Phi) is 24.1. The zero-order chi connectivity index (χ0) is 51.0. The molecular weight excluding hydrogens is 849 g/mol. The van der Waals surface area contributed by atoms with E-state index in [0.717, 1.165) is 32.1 Å². The lowest BCUT2D eigenvalue weighted by molar-refractivity contribution is -0.123. The number of carbonyl (C=O) groups is 1. The lowest BCUT2D eigenvalue weighted by atomic mass is 9.85. The van der Waals surface area contributed by atoms with Crippen LogP contribution in [0.4, 0.5) is 17.6 Å². The third-order valence-electron chi connectivity index (χ3n) is 16.6. The first-order valence-corrected chi connectivity index (χ1v) is 24.9. The Labute approximate surface area is 392 Å². The van der Waals surface area contributed by atoms with E-state index >= 15 is 0 Å². The predicted octanol–water partition coefficient (Wildman–Crippen LogP) is 10.5. The molecule has 0 aromatic rings. The maximum absolute atomic E-state index is 13.7. The van der Waals surface area contributed by atoms with Gasteiger partial charge in [-0.1, -0.05) is 69.2 Å². The summed E-state index contributed by atoms with van der Waals surface area (Å²) in [6.07, 6.45) is 1.80. The molecule has 23 atom stereocenters.